The number of nitrogens with one attached hydrogen (secondary N) is 2. The maximum Gasteiger partial charge on any atom is 0.330 e. The lowest BCUT2D eigenvalue weighted by Gasteiger charge is -2.16. The van der Waals surface area contributed by atoms with Gasteiger partial charge >= 0.3 is 11.7 Å². The summed E-state index contributed by atoms with van der Waals surface area (Å²) in [5.41, 5.74) is -1.16. The Bertz CT molecular complexity index is 711. The summed E-state index contributed by atoms with van der Waals surface area (Å²) in [6.45, 7) is 0.0375. The SMILES string of the molecule is COC(=O)CCC(=O)NC[C@H]1O[C@@H](n2ccc(=O)[nH]c2=O)C[C@@H]1O. The standard InChI is InChI=1S/C14H19N3O7/c1-23-13(21)3-2-10(19)15-7-9-8(18)6-12(24-9)17-5-4-11(20)16-14(17)22/h4-5,8-9,12,18H,2-3,6-7H2,1H3,(H,15,19)(H,16,20,22)/t8-,9+,12+/m0/s1. The summed E-state index contributed by atoms with van der Waals surface area (Å²) >= 11 is 0. The molecule has 10 nitrogen and oxygen atoms in total. The minimum Gasteiger partial charge on any atom is -0.469 e. The van der Waals surface area contributed by atoms with Gasteiger partial charge in [-0.05, 0) is 0 Å². The van der Waals surface area contributed by atoms with E-state index >= 15 is 0 Å². The fourth-order valence-corrected chi connectivity index (χ4v) is 2.34. The lowest BCUT2D eigenvalue weighted by molar-refractivity contribution is -0.142. The van der Waals surface area contributed by atoms with Crippen molar-refractivity contribution in [1.82, 2.24) is 14.9 Å². The Morgan fingerprint density at radius 2 is 2.21 bits per heavy atom. The molecule has 1 amide bonds. The first kappa shape index (κ1) is 17.9. The van der Waals surface area contributed by atoms with Gasteiger partial charge in [0.05, 0.1) is 19.6 Å². The zero-order valence-corrected chi connectivity index (χ0v) is 13.1. The number of hydrogen-bond acceptors (Lipinski definition) is 7. The highest BCUT2D eigenvalue weighted by atomic mass is 16.5. The maximum atomic E-state index is 11.7. The van der Waals surface area contributed by atoms with Crippen molar-refractivity contribution in [3.05, 3.63) is 33.1 Å². The predicted molar refractivity (Wildman–Crippen MR) is 80.1 cm³/mol. The summed E-state index contributed by atoms with van der Waals surface area (Å²) in [7, 11) is 1.24. The van der Waals surface area contributed by atoms with Crippen molar-refractivity contribution < 1.29 is 24.2 Å². The first-order valence-electron chi connectivity index (χ1n) is 7.39. The topological polar surface area (TPSA) is 140 Å². The van der Waals surface area contributed by atoms with Crippen molar-refractivity contribution in [3.8, 4) is 0 Å². The predicted octanol–water partition coefficient (Wildman–Crippen LogP) is -1.75. The molecule has 10 heteroatoms. The molecular weight excluding hydrogens is 322 g/mol. The van der Waals surface area contributed by atoms with Crippen LogP contribution >= 0.6 is 0 Å². The number of hydrogen-bond donors (Lipinski definition) is 3. The average Bonchev–Trinajstić information content (AvgIpc) is 2.91. The lowest BCUT2D eigenvalue weighted by atomic mass is 10.1. The summed E-state index contributed by atoms with van der Waals surface area (Å²) < 4.78 is 11.2. The molecule has 0 aliphatic carbocycles. The normalized spacial score (nSPS) is 23.0. The van der Waals surface area contributed by atoms with E-state index in [1.54, 1.807) is 0 Å². The molecule has 2 heterocycles. The van der Waals surface area contributed by atoms with Crippen LogP contribution in [0.4, 0.5) is 0 Å². The number of aliphatic hydroxyl groups excluding tert-OH is 1. The number of esters is 1. The van der Waals surface area contributed by atoms with Crippen molar-refractivity contribution in [1.29, 1.82) is 0 Å². The number of amides is 1. The fourth-order valence-electron chi connectivity index (χ4n) is 2.34. The van der Waals surface area contributed by atoms with E-state index in [-0.39, 0.29) is 31.7 Å². The number of nitrogens with zero attached hydrogens (tertiary/aromatic N) is 1. The van der Waals surface area contributed by atoms with Crippen LogP contribution in [0, 0.1) is 0 Å². The minimum absolute atomic E-state index is 0.0295. The molecule has 0 unspecified atom stereocenters. The van der Waals surface area contributed by atoms with Gasteiger partial charge in [0.15, 0.2) is 0 Å². The molecule has 1 fully saturated rings. The Morgan fingerprint density at radius 3 is 2.88 bits per heavy atom. The number of aromatic nitrogens is 2. The van der Waals surface area contributed by atoms with Crippen molar-refractivity contribution in [2.75, 3.05) is 13.7 Å². The van der Waals surface area contributed by atoms with Gasteiger partial charge in [-0.1, -0.05) is 0 Å². The molecule has 1 aliphatic heterocycles. The van der Waals surface area contributed by atoms with Crippen molar-refractivity contribution in [2.45, 2.75) is 37.7 Å². The van der Waals surface area contributed by atoms with Gasteiger partial charge in [0, 0.05) is 31.6 Å². The first-order chi connectivity index (χ1) is 11.4. The summed E-state index contributed by atoms with van der Waals surface area (Å²) in [5, 5.41) is 12.6. The van der Waals surface area contributed by atoms with Crippen LogP contribution in [0.2, 0.25) is 0 Å². The van der Waals surface area contributed by atoms with Crippen LogP contribution in [-0.2, 0) is 19.1 Å². The van der Waals surface area contributed by atoms with E-state index in [2.05, 4.69) is 15.0 Å². The van der Waals surface area contributed by atoms with Crippen LogP contribution in [0.1, 0.15) is 25.5 Å². The van der Waals surface area contributed by atoms with Gasteiger partial charge in [-0.3, -0.25) is 23.9 Å². The van der Waals surface area contributed by atoms with Crippen molar-refractivity contribution in [3.63, 3.8) is 0 Å². The molecule has 1 aliphatic rings. The second kappa shape index (κ2) is 7.88. The number of ether oxygens (including phenoxy) is 2. The number of rotatable bonds is 6. The fraction of sp³-hybridized carbons (Fsp3) is 0.571. The lowest BCUT2D eigenvalue weighted by Crippen LogP contribution is -2.37. The van der Waals surface area contributed by atoms with E-state index < -0.39 is 35.7 Å². The van der Waals surface area contributed by atoms with E-state index in [1.165, 1.54) is 23.9 Å². The highest BCUT2D eigenvalue weighted by Gasteiger charge is 2.35. The third-order valence-corrected chi connectivity index (χ3v) is 3.65. The average molecular weight is 341 g/mol. The first-order valence-corrected chi connectivity index (χ1v) is 7.39. The monoisotopic (exact) mass is 341 g/mol. The second-order valence-corrected chi connectivity index (χ2v) is 5.33. The Labute approximate surface area is 136 Å². The number of H-pyrrole nitrogens is 1. The second-order valence-electron chi connectivity index (χ2n) is 5.33. The van der Waals surface area contributed by atoms with Crippen molar-refractivity contribution >= 4 is 11.9 Å². The molecule has 3 N–H and O–H groups in total. The number of carbonyl (C=O) groups is 2. The molecule has 1 aromatic heterocycles. The van der Waals surface area contributed by atoms with E-state index in [4.69, 9.17) is 4.74 Å². The van der Waals surface area contributed by atoms with Crippen LogP contribution in [0.3, 0.4) is 0 Å². The molecule has 24 heavy (non-hydrogen) atoms. The Morgan fingerprint density at radius 1 is 1.46 bits per heavy atom. The number of carbonyl (C=O) groups excluding carboxylic acids is 2. The summed E-state index contributed by atoms with van der Waals surface area (Å²) in [5.74, 6) is -0.860. The summed E-state index contributed by atoms with van der Waals surface area (Å²) in [4.78, 5) is 47.5. The Hall–Kier alpha value is -2.46. The molecule has 0 radical (unpaired) electrons. The third-order valence-electron chi connectivity index (χ3n) is 3.65. The van der Waals surface area contributed by atoms with E-state index in [0.717, 1.165) is 0 Å². The zero-order valence-electron chi connectivity index (χ0n) is 13.1. The van der Waals surface area contributed by atoms with E-state index in [0.29, 0.717) is 0 Å². The molecule has 2 rings (SSSR count). The molecule has 0 saturated carbocycles. The Balaban J connectivity index is 1.87. The van der Waals surface area contributed by atoms with Crippen LogP contribution in [0.25, 0.3) is 0 Å². The van der Waals surface area contributed by atoms with Crippen LogP contribution < -0.4 is 16.6 Å². The van der Waals surface area contributed by atoms with Crippen LogP contribution in [-0.4, -0.2) is 52.4 Å². The van der Waals surface area contributed by atoms with Crippen molar-refractivity contribution in [2.24, 2.45) is 0 Å². The molecule has 3 atom stereocenters. The molecule has 0 aromatic carbocycles. The molecule has 132 valence electrons. The van der Waals surface area contributed by atoms with E-state index in [1.807, 2.05) is 0 Å². The Kier molecular flexibility index (Phi) is 5.88. The van der Waals surface area contributed by atoms with Gasteiger partial charge in [-0.15, -0.1) is 0 Å². The number of aromatic amines is 1. The van der Waals surface area contributed by atoms with Gasteiger partial charge in [0.25, 0.3) is 5.56 Å². The highest BCUT2D eigenvalue weighted by Crippen LogP contribution is 2.26. The molecule has 0 spiro atoms. The van der Waals surface area contributed by atoms with Crippen LogP contribution in [0.15, 0.2) is 21.9 Å². The van der Waals surface area contributed by atoms with E-state index in [9.17, 15) is 24.3 Å². The zero-order chi connectivity index (χ0) is 17.7. The maximum absolute atomic E-state index is 11.7. The molecule has 0 bridgehead atoms. The summed E-state index contributed by atoms with van der Waals surface area (Å²) in [6, 6.07) is 1.18. The molecular formula is C14H19N3O7. The molecule has 1 aromatic rings. The minimum atomic E-state index is -0.880. The van der Waals surface area contributed by atoms with Gasteiger partial charge < -0.3 is 19.9 Å². The van der Waals surface area contributed by atoms with Gasteiger partial charge in [-0.25, -0.2) is 4.79 Å². The van der Waals surface area contributed by atoms with Crippen LogP contribution in [0.5, 0.6) is 0 Å². The number of methoxy groups -OCH3 is 1. The van der Waals surface area contributed by atoms with Gasteiger partial charge in [-0.2, -0.15) is 0 Å². The highest BCUT2D eigenvalue weighted by molar-refractivity contribution is 5.81. The van der Waals surface area contributed by atoms with Gasteiger partial charge in [0.1, 0.15) is 12.3 Å². The number of aliphatic hydroxyl groups is 1. The smallest absolute Gasteiger partial charge is 0.330 e. The van der Waals surface area contributed by atoms with Gasteiger partial charge in [0.2, 0.25) is 5.91 Å². The largest absolute Gasteiger partial charge is 0.469 e. The summed E-state index contributed by atoms with van der Waals surface area (Å²) in [6.07, 6.45) is -0.943. The third kappa shape index (κ3) is 4.52. The quantitative estimate of drug-likeness (QED) is 0.522. The molecule has 1 saturated heterocycles.